The highest BCUT2D eigenvalue weighted by Crippen LogP contribution is 2.41. The van der Waals surface area contributed by atoms with Crippen LogP contribution in [0.5, 0.6) is 0 Å². The third-order valence-electron chi connectivity index (χ3n) is 7.81. The summed E-state index contributed by atoms with van der Waals surface area (Å²) >= 11 is 0. The number of likely N-dealkylation sites (tertiary alicyclic amines) is 2. The van der Waals surface area contributed by atoms with Gasteiger partial charge in [-0.2, -0.15) is 26.3 Å². The minimum absolute atomic E-state index is 0.0602. The fourth-order valence-electron chi connectivity index (χ4n) is 5.85. The second-order valence-electron chi connectivity index (χ2n) is 10.3. The van der Waals surface area contributed by atoms with Crippen molar-refractivity contribution in [1.82, 2.24) is 9.80 Å². The van der Waals surface area contributed by atoms with Crippen LogP contribution in [0.2, 0.25) is 0 Å². The standard InChI is InChI=1S/C25H33F6N3O2/c1-18-6-7-19(20(16-18)32-11-3-2-4-12-32)17-34-13-5-8-23(34)9-14-33(15-10-23)22(35)36-21(24(26,27)28)25(29,30)31/h6-7,16,21H,2-5,8-15,17H2,1H3. The molecular weight excluding hydrogens is 488 g/mol. The molecule has 3 fully saturated rings. The fraction of sp³-hybridized carbons (Fsp3) is 0.720. The van der Waals surface area contributed by atoms with Gasteiger partial charge in [-0.1, -0.05) is 12.1 Å². The Hall–Kier alpha value is -2.17. The van der Waals surface area contributed by atoms with Gasteiger partial charge in [0.15, 0.2) is 0 Å². The molecule has 1 aromatic rings. The average Bonchev–Trinajstić information content (AvgIpc) is 3.19. The van der Waals surface area contributed by atoms with Crippen molar-refractivity contribution in [1.29, 1.82) is 0 Å². The van der Waals surface area contributed by atoms with Crippen LogP contribution in [-0.2, 0) is 11.3 Å². The van der Waals surface area contributed by atoms with Gasteiger partial charge in [0.1, 0.15) is 0 Å². The zero-order valence-corrected chi connectivity index (χ0v) is 20.4. The van der Waals surface area contributed by atoms with E-state index < -0.39 is 24.5 Å². The molecule has 0 aromatic heterocycles. The second kappa shape index (κ2) is 10.3. The zero-order valence-electron chi connectivity index (χ0n) is 20.4. The molecule has 3 aliphatic rings. The number of hydrogen-bond acceptors (Lipinski definition) is 4. The molecule has 0 atom stereocenters. The van der Waals surface area contributed by atoms with Crippen LogP contribution in [0.3, 0.4) is 0 Å². The molecule has 0 saturated carbocycles. The third kappa shape index (κ3) is 5.86. The Labute approximate surface area is 207 Å². The van der Waals surface area contributed by atoms with Crippen molar-refractivity contribution in [2.75, 3.05) is 37.6 Å². The van der Waals surface area contributed by atoms with E-state index in [9.17, 15) is 31.1 Å². The fourth-order valence-corrected chi connectivity index (χ4v) is 5.85. The highest BCUT2D eigenvalue weighted by molar-refractivity contribution is 5.68. The molecule has 3 heterocycles. The van der Waals surface area contributed by atoms with Gasteiger partial charge in [-0.15, -0.1) is 0 Å². The van der Waals surface area contributed by atoms with Gasteiger partial charge in [-0.3, -0.25) is 4.90 Å². The summed E-state index contributed by atoms with van der Waals surface area (Å²) in [6.45, 7) is 5.83. The van der Waals surface area contributed by atoms with Crippen molar-refractivity contribution < 1.29 is 35.9 Å². The van der Waals surface area contributed by atoms with E-state index in [1.807, 2.05) is 0 Å². The smallest absolute Gasteiger partial charge is 0.426 e. The van der Waals surface area contributed by atoms with Crippen molar-refractivity contribution in [2.24, 2.45) is 0 Å². The van der Waals surface area contributed by atoms with Crippen LogP contribution < -0.4 is 4.90 Å². The number of carbonyl (C=O) groups is 1. The largest absolute Gasteiger partial charge is 0.434 e. The number of alkyl halides is 6. The lowest BCUT2D eigenvalue weighted by atomic mass is 9.84. The number of rotatable bonds is 4. The van der Waals surface area contributed by atoms with Crippen LogP contribution in [0, 0.1) is 6.92 Å². The predicted octanol–water partition coefficient (Wildman–Crippen LogP) is 6.05. The minimum Gasteiger partial charge on any atom is -0.426 e. The zero-order chi connectivity index (χ0) is 26.1. The molecule has 1 amide bonds. The van der Waals surface area contributed by atoms with Gasteiger partial charge >= 0.3 is 18.4 Å². The van der Waals surface area contributed by atoms with E-state index >= 15 is 0 Å². The molecule has 202 valence electrons. The number of hydrogen-bond donors (Lipinski definition) is 0. The summed E-state index contributed by atoms with van der Waals surface area (Å²) in [5, 5.41) is 0. The summed E-state index contributed by atoms with van der Waals surface area (Å²) in [7, 11) is 0. The van der Waals surface area contributed by atoms with Crippen LogP contribution >= 0.6 is 0 Å². The molecule has 4 rings (SSSR count). The lowest BCUT2D eigenvalue weighted by Gasteiger charge is -2.45. The van der Waals surface area contributed by atoms with E-state index in [0.717, 1.165) is 56.8 Å². The number of nitrogens with zero attached hydrogens (tertiary/aromatic N) is 3. The maximum Gasteiger partial charge on any atom is 0.434 e. The van der Waals surface area contributed by atoms with E-state index in [4.69, 9.17) is 0 Å². The topological polar surface area (TPSA) is 36.0 Å². The molecule has 0 bridgehead atoms. The van der Waals surface area contributed by atoms with Gasteiger partial charge in [0.2, 0.25) is 0 Å². The Bertz CT molecular complexity index is 907. The van der Waals surface area contributed by atoms with Gasteiger partial charge in [0.05, 0.1) is 0 Å². The molecule has 11 heteroatoms. The first kappa shape index (κ1) is 26.9. The molecule has 0 N–H and O–H groups in total. The molecule has 0 radical (unpaired) electrons. The number of piperidine rings is 2. The molecule has 0 aliphatic carbocycles. The molecular formula is C25H33F6N3O2. The Balaban J connectivity index is 1.42. The van der Waals surface area contributed by atoms with Crippen molar-refractivity contribution in [2.45, 2.75) is 82.4 Å². The molecule has 3 aliphatic heterocycles. The number of amides is 1. The van der Waals surface area contributed by atoms with Gasteiger partial charge < -0.3 is 14.5 Å². The van der Waals surface area contributed by atoms with Gasteiger partial charge in [-0.05, 0) is 75.6 Å². The van der Waals surface area contributed by atoms with Crippen LogP contribution in [0.4, 0.5) is 36.8 Å². The predicted molar refractivity (Wildman–Crippen MR) is 123 cm³/mol. The molecule has 1 aromatic carbocycles. The average molecular weight is 522 g/mol. The van der Waals surface area contributed by atoms with E-state index in [-0.39, 0.29) is 18.6 Å². The second-order valence-corrected chi connectivity index (χ2v) is 10.3. The maximum absolute atomic E-state index is 12.8. The Kier molecular flexibility index (Phi) is 7.69. The molecule has 36 heavy (non-hydrogen) atoms. The normalized spacial score (nSPS) is 21.4. The van der Waals surface area contributed by atoms with Crippen LogP contribution in [0.1, 0.15) is 56.1 Å². The number of carbonyl (C=O) groups excluding carboxylic acids is 1. The van der Waals surface area contributed by atoms with Crippen molar-refractivity contribution in [3.8, 4) is 0 Å². The molecule has 3 saturated heterocycles. The number of anilines is 1. The van der Waals surface area contributed by atoms with Gasteiger partial charge in [-0.25, -0.2) is 4.79 Å². The van der Waals surface area contributed by atoms with Gasteiger partial charge in [0, 0.05) is 44.0 Å². The highest BCUT2D eigenvalue weighted by Gasteiger charge is 2.60. The van der Waals surface area contributed by atoms with Crippen molar-refractivity contribution >= 4 is 11.8 Å². The Morgan fingerprint density at radius 3 is 2.17 bits per heavy atom. The van der Waals surface area contributed by atoms with Gasteiger partial charge in [0.25, 0.3) is 6.10 Å². The number of halogens is 6. The Morgan fingerprint density at radius 1 is 0.917 bits per heavy atom. The van der Waals surface area contributed by atoms with Crippen molar-refractivity contribution in [3.63, 3.8) is 0 Å². The summed E-state index contributed by atoms with van der Waals surface area (Å²) in [5.74, 6) is 0. The summed E-state index contributed by atoms with van der Waals surface area (Å²) in [4.78, 5) is 18.0. The van der Waals surface area contributed by atoms with E-state index in [0.29, 0.717) is 12.8 Å². The molecule has 1 spiro atoms. The molecule has 0 unspecified atom stereocenters. The summed E-state index contributed by atoms with van der Waals surface area (Å²) in [6.07, 6.45) is -10.8. The van der Waals surface area contributed by atoms with Crippen LogP contribution in [-0.4, -0.2) is 72.6 Å². The monoisotopic (exact) mass is 521 g/mol. The van der Waals surface area contributed by atoms with E-state index in [1.54, 1.807) is 0 Å². The number of ether oxygens (including phenoxy) is 1. The summed E-state index contributed by atoms with van der Waals surface area (Å²) in [6, 6.07) is 6.48. The first-order valence-corrected chi connectivity index (χ1v) is 12.6. The molecule has 5 nitrogen and oxygen atoms in total. The summed E-state index contributed by atoms with van der Waals surface area (Å²) in [5.41, 5.74) is 3.43. The third-order valence-corrected chi connectivity index (χ3v) is 7.81. The summed E-state index contributed by atoms with van der Waals surface area (Å²) < 4.78 is 80.8. The van der Waals surface area contributed by atoms with E-state index in [2.05, 4.69) is 39.7 Å². The van der Waals surface area contributed by atoms with Crippen LogP contribution in [0.25, 0.3) is 0 Å². The minimum atomic E-state index is -5.72. The first-order valence-electron chi connectivity index (χ1n) is 12.6. The van der Waals surface area contributed by atoms with Crippen molar-refractivity contribution in [3.05, 3.63) is 29.3 Å². The lowest BCUT2D eigenvalue weighted by molar-refractivity contribution is -0.308. The maximum atomic E-state index is 12.8. The quantitative estimate of drug-likeness (QED) is 0.453. The first-order chi connectivity index (χ1) is 16.9. The lowest BCUT2D eigenvalue weighted by Crippen LogP contribution is -2.54. The Morgan fingerprint density at radius 2 is 1.56 bits per heavy atom. The SMILES string of the molecule is Cc1ccc(CN2CCCC23CCN(C(=O)OC(C(F)(F)F)C(F)(F)F)CC3)c(N2CCCCC2)c1. The number of benzene rings is 1. The number of aryl methyl sites for hydroxylation is 1. The van der Waals surface area contributed by atoms with E-state index in [1.165, 1.54) is 23.2 Å². The highest BCUT2D eigenvalue weighted by atomic mass is 19.4. The van der Waals surface area contributed by atoms with Crippen LogP contribution in [0.15, 0.2) is 18.2 Å².